The van der Waals surface area contributed by atoms with Crippen LogP contribution in [-0.2, 0) is 10.2 Å². The van der Waals surface area contributed by atoms with Gasteiger partial charge in [-0.25, -0.2) is 4.39 Å². The molecule has 1 heterocycles. The summed E-state index contributed by atoms with van der Waals surface area (Å²) in [6.07, 6.45) is 0. The van der Waals surface area contributed by atoms with Crippen LogP contribution in [0.25, 0.3) is 0 Å². The maximum Gasteiger partial charge on any atom is 0.232 e. The number of nitrogens with two attached hydrogens (primary N) is 1. The van der Waals surface area contributed by atoms with E-state index in [-0.39, 0.29) is 36.1 Å². The number of likely N-dealkylation sites (tertiary alicyclic amines) is 1. The van der Waals surface area contributed by atoms with E-state index in [9.17, 15) is 9.18 Å². The van der Waals surface area contributed by atoms with Crippen LogP contribution in [0.5, 0.6) is 0 Å². The van der Waals surface area contributed by atoms with E-state index in [0.29, 0.717) is 18.7 Å². The minimum Gasteiger partial charge on any atom is -0.340 e. The van der Waals surface area contributed by atoms with Gasteiger partial charge in [0, 0.05) is 25.0 Å². The maximum absolute atomic E-state index is 13.5. The molecule has 0 saturated carbocycles. The zero-order valence-corrected chi connectivity index (χ0v) is 15.3. The molecule has 1 fully saturated rings. The maximum atomic E-state index is 13.5. The number of carbonyl (C=O) groups excluding carboxylic acids is 1. The molecule has 2 atom stereocenters. The summed E-state index contributed by atoms with van der Waals surface area (Å²) < 4.78 is 13.5. The Morgan fingerprint density at radius 3 is 2.44 bits per heavy atom. The molecule has 1 saturated heterocycles. The van der Waals surface area contributed by atoms with Crippen molar-refractivity contribution in [2.75, 3.05) is 13.1 Å². The van der Waals surface area contributed by atoms with Crippen LogP contribution in [0.15, 0.2) is 54.6 Å². The average Bonchev–Trinajstić information content (AvgIpc) is 2.96. The van der Waals surface area contributed by atoms with Crippen molar-refractivity contribution < 1.29 is 9.18 Å². The minimum atomic E-state index is -0.784. The van der Waals surface area contributed by atoms with E-state index in [1.165, 1.54) is 12.1 Å². The van der Waals surface area contributed by atoms with Crippen molar-refractivity contribution in [1.29, 1.82) is 0 Å². The number of hydrogen-bond acceptors (Lipinski definition) is 2. The van der Waals surface area contributed by atoms with Crippen molar-refractivity contribution in [3.05, 3.63) is 71.5 Å². The second kappa shape index (κ2) is 7.54. The predicted octanol–water partition coefficient (Wildman–Crippen LogP) is 3.48. The lowest BCUT2D eigenvalue weighted by Gasteiger charge is -2.30. The molecule has 3 nitrogen and oxygen atoms in total. The number of hydrogen-bond donors (Lipinski definition) is 1. The third-order valence-electron chi connectivity index (χ3n) is 4.96. The third-order valence-corrected chi connectivity index (χ3v) is 4.96. The normalized spacial score (nSPS) is 20.2. The lowest BCUT2D eigenvalue weighted by atomic mass is 9.83. The van der Waals surface area contributed by atoms with Gasteiger partial charge in [0.25, 0.3) is 0 Å². The highest BCUT2D eigenvalue weighted by Gasteiger charge is 2.40. The van der Waals surface area contributed by atoms with E-state index in [0.717, 1.165) is 5.56 Å². The molecule has 25 heavy (non-hydrogen) atoms. The third kappa shape index (κ3) is 3.86. The molecule has 5 heteroatoms. The van der Waals surface area contributed by atoms with Gasteiger partial charge in [-0.05, 0) is 37.1 Å². The zero-order valence-electron chi connectivity index (χ0n) is 14.5. The van der Waals surface area contributed by atoms with Gasteiger partial charge in [0.1, 0.15) is 5.82 Å². The molecular weight excluding hydrogens is 339 g/mol. The average molecular weight is 363 g/mol. The number of amides is 1. The highest BCUT2D eigenvalue weighted by atomic mass is 35.5. The molecule has 2 aromatic carbocycles. The van der Waals surface area contributed by atoms with Crippen molar-refractivity contribution in [1.82, 2.24) is 4.90 Å². The van der Waals surface area contributed by atoms with Crippen molar-refractivity contribution in [3.8, 4) is 0 Å². The summed E-state index contributed by atoms with van der Waals surface area (Å²) in [5.41, 5.74) is 7.35. The second-order valence-electron chi connectivity index (χ2n) is 7.03. The van der Waals surface area contributed by atoms with Gasteiger partial charge in [0.15, 0.2) is 0 Å². The van der Waals surface area contributed by atoms with E-state index < -0.39 is 5.41 Å². The van der Waals surface area contributed by atoms with Gasteiger partial charge in [0.2, 0.25) is 5.91 Å². The Bertz CT molecular complexity index is 735. The van der Waals surface area contributed by atoms with Crippen LogP contribution in [0.2, 0.25) is 0 Å². The Labute approximate surface area is 154 Å². The molecule has 3 rings (SSSR count). The lowest BCUT2D eigenvalue weighted by molar-refractivity contribution is -0.135. The number of nitrogens with zero attached hydrogens (tertiary/aromatic N) is 1. The predicted molar refractivity (Wildman–Crippen MR) is 100 cm³/mol. The standard InChI is InChI=1S/C20H23FN2O.ClH/c1-20(2,15-9-6-10-16(21)11-15)19(24)23-12-17(18(22)13-23)14-7-4-3-5-8-14;/h3-11,17-18H,12-13,22H2,1-2H3;1H/t17-,18+;/m0./s1. The molecule has 0 aliphatic carbocycles. The van der Waals surface area contributed by atoms with Gasteiger partial charge in [-0.2, -0.15) is 0 Å². The van der Waals surface area contributed by atoms with Gasteiger partial charge in [-0.1, -0.05) is 42.5 Å². The molecular formula is C20H24ClFN2O. The topological polar surface area (TPSA) is 46.3 Å². The van der Waals surface area contributed by atoms with Crippen LogP contribution < -0.4 is 5.73 Å². The van der Waals surface area contributed by atoms with Crippen molar-refractivity contribution in [3.63, 3.8) is 0 Å². The Hall–Kier alpha value is -1.91. The van der Waals surface area contributed by atoms with E-state index in [1.54, 1.807) is 12.1 Å². The Morgan fingerprint density at radius 1 is 1.12 bits per heavy atom. The minimum absolute atomic E-state index is 0. The van der Waals surface area contributed by atoms with Crippen LogP contribution in [0.3, 0.4) is 0 Å². The Kier molecular flexibility index (Phi) is 5.86. The first-order valence-electron chi connectivity index (χ1n) is 8.25. The zero-order chi connectivity index (χ0) is 17.3. The fourth-order valence-corrected chi connectivity index (χ4v) is 3.44. The van der Waals surface area contributed by atoms with Gasteiger partial charge in [0.05, 0.1) is 5.41 Å². The smallest absolute Gasteiger partial charge is 0.232 e. The summed E-state index contributed by atoms with van der Waals surface area (Å²) in [5.74, 6) is -0.200. The summed E-state index contributed by atoms with van der Waals surface area (Å²) in [6, 6.07) is 16.2. The van der Waals surface area contributed by atoms with Crippen LogP contribution in [0.4, 0.5) is 4.39 Å². The first kappa shape index (κ1) is 19.4. The number of rotatable bonds is 3. The lowest BCUT2D eigenvalue weighted by Crippen LogP contribution is -2.43. The quantitative estimate of drug-likeness (QED) is 0.908. The summed E-state index contributed by atoms with van der Waals surface area (Å²) in [5, 5.41) is 0. The largest absolute Gasteiger partial charge is 0.340 e. The highest BCUT2D eigenvalue weighted by Crippen LogP contribution is 2.32. The van der Waals surface area contributed by atoms with Gasteiger partial charge in [-0.15, -0.1) is 12.4 Å². The molecule has 2 N–H and O–H groups in total. The van der Waals surface area contributed by atoms with E-state index >= 15 is 0 Å². The summed E-state index contributed by atoms with van der Waals surface area (Å²) in [7, 11) is 0. The second-order valence-corrected chi connectivity index (χ2v) is 7.03. The summed E-state index contributed by atoms with van der Waals surface area (Å²) in [4.78, 5) is 14.9. The molecule has 0 spiro atoms. The first-order chi connectivity index (χ1) is 11.4. The molecule has 134 valence electrons. The monoisotopic (exact) mass is 362 g/mol. The SMILES string of the molecule is CC(C)(C(=O)N1C[C@@H](N)[C@H](c2ccccc2)C1)c1cccc(F)c1.Cl. The molecule has 1 amide bonds. The van der Waals surface area contributed by atoms with E-state index in [1.807, 2.05) is 36.9 Å². The molecule has 1 aliphatic rings. The molecule has 0 bridgehead atoms. The Balaban J connectivity index is 0.00000225. The van der Waals surface area contributed by atoms with Gasteiger partial charge < -0.3 is 10.6 Å². The van der Waals surface area contributed by atoms with Crippen LogP contribution >= 0.6 is 12.4 Å². The van der Waals surface area contributed by atoms with Crippen molar-refractivity contribution in [2.45, 2.75) is 31.2 Å². The molecule has 0 radical (unpaired) electrons. The number of carbonyl (C=O) groups is 1. The van der Waals surface area contributed by atoms with Crippen molar-refractivity contribution >= 4 is 18.3 Å². The molecule has 0 aromatic heterocycles. The number of halogens is 2. The molecule has 2 aromatic rings. The van der Waals surface area contributed by atoms with Gasteiger partial charge >= 0.3 is 0 Å². The van der Waals surface area contributed by atoms with Crippen LogP contribution in [0, 0.1) is 5.82 Å². The highest BCUT2D eigenvalue weighted by molar-refractivity contribution is 5.87. The Morgan fingerprint density at radius 2 is 1.80 bits per heavy atom. The number of benzene rings is 2. The van der Waals surface area contributed by atoms with Crippen molar-refractivity contribution in [2.24, 2.45) is 5.73 Å². The van der Waals surface area contributed by atoms with Crippen LogP contribution in [-0.4, -0.2) is 29.9 Å². The first-order valence-corrected chi connectivity index (χ1v) is 8.25. The molecule has 1 aliphatic heterocycles. The van der Waals surface area contributed by atoms with E-state index in [2.05, 4.69) is 12.1 Å². The fourth-order valence-electron chi connectivity index (χ4n) is 3.44. The van der Waals surface area contributed by atoms with E-state index in [4.69, 9.17) is 5.73 Å². The van der Waals surface area contributed by atoms with Crippen LogP contribution in [0.1, 0.15) is 30.9 Å². The summed E-state index contributed by atoms with van der Waals surface area (Å²) >= 11 is 0. The van der Waals surface area contributed by atoms with Gasteiger partial charge in [-0.3, -0.25) is 4.79 Å². The molecule has 0 unspecified atom stereocenters. The summed E-state index contributed by atoms with van der Waals surface area (Å²) in [6.45, 7) is 4.80. The fraction of sp³-hybridized carbons (Fsp3) is 0.350.